The fraction of sp³-hybridized carbons (Fsp3) is 0.438. The van der Waals surface area contributed by atoms with Crippen LogP contribution in [0.5, 0.6) is 0 Å². The monoisotopic (exact) mass is 283 g/mol. The summed E-state index contributed by atoms with van der Waals surface area (Å²) >= 11 is 0. The number of likely N-dealkylation sites (N-methyl/N-ethyl adjacent to an activating group) is 1. The third-order valence-electron chi connectivity index (χ3n) is 4.07. The second-order valence-electron chi connectivity index (χ2n) is 5.47. The molecule has 0 amide bonds. The maximum absolute atomic E-state index is 4.38. The summed E-state index contributed by atoms with van der Waals surface area (Å²) in [6.45, 7) is 3.27. The molecule has 5 heteroatoms. The van der Waals surface area contributed by atoms with Gasteiger partial charge in [0.15, 0.2) is 0 Å². The van der Waals surface area contributed by atoms with Crippen LogP contribution in [0.25, 0.3) is 0 Å². The van der Waals surface area contributed by atoms with Crippen molar-refractivity contribution in [3.05, 3.63) is 48.5 Å². The molecule has 110 valence electrons. The van der Waals surface area contributed by atoms with Crippen LogP contribution in [0.4, 0.5) is 5.95 Å². The minimum absolute atomic E-state index is 0.496. The lowest BCUT2D eigenvalue weighted by Gasteiger charge is -2.24. The zero-order chi connectivity index (χ0) is 14.5. The molecular formula is C16H21N5. The zero-order valence-corrected chi connectivity index (χ0v) is 12.4. The molecule has 2 aromatic rings. The van der Waals surface area contributed by atoms with Gasteiger partial charge < -0.3 is 9.80 Å². The molecule has 1 aliphatic rings. The van der Waals surface area contributed by atoms with Gasteiger partial charge >= 0.3 is 0 Å². The first kappa shape index (κ1) is 13.9. The van der Waals surface area contributed by atoms with E-state index >= 15 is 0 Å². The first-order chi connectivity index (χ1) is 10.3. The van der Waals surface area contributed by atoms with Crippen LogP contribution in [0.1, 0.15) is 12.1 Å². The second-order valence-corrected chi connectivity index (χ2v) is 5.47. The summed E-state index contributed by atoms with van der Waals surface area (Å²) in [4.78, 5) is 17.7. The van der Waals surface area contributed by atoms with Gasteiger partial charge in [0.2, 0.25) is 5.95 Å². The van der Waals surface area contributed by atoms with Crippen LogP contribution in [0.2, 0.25) is 0 Å². The highest BCUT2D eigenvalue weighted by atomic mass is 15.3. The summed E-state index contributed by atoms with van der Waals surface area (Å²) in [7, 11) is 2.09. The summed E-state index contributed by atoms with van der Waals surface area (Å²) in [5, 5.41) is 0. The Labute approximate surface area is 125 Å². The van der Waals surface area contributed by atoms with Crippen LogP contribution in [0, 0.1) is 0 Å². The normalized spacial score (nSPS) is 18.8. The number of hydrogen-bond acceptors (Lipinski definition) is 5. The van der Waals surface area contributed by atoms with Crippen molar-refractivity contribution in [2.24, 2.45) is 0 Å². The second kappa shape index (κ2) is 6.63. The molecular weight excluding hydrogens is 262 g/mol. The van der Waals surface area contributed by atoms with Crippen LogP contribution < -0.4 is 4.90 Å². The number of nitrogens with zero attached hydrogens (tertiary/aromatic N) is 5. The maximum Gasteiger partial charge on any atom is 0.225 e. The molecule has 0 aliphatic carbocycles. The topological polar surface area (TPSA) is 45.2 Å². The molecule has 1 fully saturated rings. The highest BCUT2D eigenvalue weighted by Crippen LogP contribution is 2.18. The minimum Gasteiger partial charge on any atom is -0.340 e. The van der Waals surface area contributed by atoms with E-state index < -0.39 is 0 Å². The molecule has 1 saturated heterocycles. The highest BCUT2D eigenvalue weighted by molar-refractivity contribution is 5.29. The Morgan fingerprint density at radius 3 is 2.71 bits per heavy atom. The van der Waals surface area contributed by atoms with E-state index in [1.807, 2.05) is 18.3 Å². The average molecular weight is 283 g/mol. The van der Waals surface area contributed by atoms with Gasteiger partial charge in [-0.1, -0.05) is 6.07 Å². The van der Waals surface area contributed by atoms with Crippen molar-refractivity contribution in [3.8, 4) is 0 Å². The van der Waals surface area contributed by atoms with Crippen molar-refractivity contribution in [3.63, 3.8) is 0 Å². The third-order valence-corrected chi connectivity index (χ3v) is 4.07. The van der Waals surface area contributed by atoms with Crippen molar-refractivity contribution < 1.29 is 0 Å². The fourth-order valence-corrected chi connectivity index (χ4v) is 2.79. The lowest BCUT2D eigenvalue weighted by Crippen LogP contribution is -2.36. The number of aromatic nitrogens is 3. The van der Waals surface area contributed by atoms with E-state index in [1.54, 1.807) is 12.4 Å². The Morgan fingerprint density at radius 1 is 1.14 bits per heavy atom. The number of hydrogen-bond donors (Lipinski definition) is 0. The molecule has 0 radical (unpaired) electrons. The van der Waals surface area contributed by atoms with Crippen molar-refractivity contribution >= 4 is 5.95 Å². The Hall–Kier alpha value is -2.01. The lowest BCUT2D eigenvalue weighted by molar-refractivity contribution is 0.336. The van der Waals surface area contributed by atoms with Gasteiger partial charge in [0, 0.05) is 63.4 Å². The van der Waals surface area contributed by atoms with Crippen LogP contribution in [0.15, 0.2) is 42.9 Å². The first-order valence-corrected chi connectivity index (χ1v) is 7.45. The van der Waals surface area contributed by atoms with Gasteiger partial charge in [-0.15, -0.1) is 0 Å². The van der Waals surface area contributed by atoms with Crippen LogP contribution in [-0.2, 0) is 6.42 Å². The molecule has 0 spiro atoms. The Bertz CT molecular complexity index is 545. The molecule has 3 heterocycles. The Morgan fingerprint density at radius 2 is 1.95 bits per heavy atom. The maximum atomic E-state index is 4.38. The Balaban J connectivity index is 1.51. The SMILES string of the molecule is CN(c1ncccn1)C1CCN(CCc2ccccn2)C1. The predicted molar refractivity (Wildman–Crippen MR) is 83.2 cm³/mol. The molecule has 5 nitrogen and oxygen atoms in total. The van der Waals surface area contributed by atoms with E-state index in [-0.39, 0.29) is 0 Å². The van der Waals surface area contributed by atoms with Gasteiger partial charge in [0.05, 0.1) is 0 Å². The van der Waals surface area contributed by atoms with E-state index in [0.29, 0.717) is 6.04 Å². The van der Waals surface area contributed by atoms with Crippen molar-refractivity contribution in [1.29, 1.82) is 0 Å². The minimum atomic E-state index is 0.496. The Kier molecular flexibility index (Phi) is 4.40. The third kappa shape index (κ3) is 3.55. The van der Waals surface area contributed by atoms with E-state index in [4.69, 9.17) is 0 Å². The predicted octanol–water partition coefficient (Wildman–Crippen LogP) is 1.62. The molecule has 3 rings (SSSR count). The number of likely N-dealkylation sites (tertiary alicyclic amines) is 1. The summed E-state index contributed by atoms with van der Waals surface area (Å²) < 4.78 is 0. The number of pyridine rings is 1. The smallest absolute Gasteiger partial charge is 0.225 e. The molecule has 2 aromatic heterocycles. The van der Waals surface area contributed by atoms with E-state index in [9.17, 15) is 0 Å². The molecule has 1 aliphatic heterocycles. The molecule has 0 bridgehead atoms. The van der Waals surface area contributed by atoms with Crippen LogP contribution in [-0.4, -0.2) is 52.6 Å². The van der Waals surface area contributed by atoms with Gasteiger partial charge in [-0.2, -0.15) is 0 Å². The largest absolute Gasteiger partial charge is 0.340 e. The van der Waals surface area contributed by atoms with E-state index in [1.165, 1.54) is 5.69 Å². The average Bonchev–Trinajstić information content (AvgIpc) is 3.03. The summed E-state index contributed by atoms with van der Waals surface area (Å²) in [5.41, 5.74) is 1.17. The van der Waals surface area contributed by atoms with Crippen LogP contribution in [0.3, 0.4) is 0 Å². The van der Waals surface area contributed by atoms with Gasteiger partial charge in [-0.05, 0) is 24.6 Å². The molecule has 1 atom stereocenters. The van der Waals surface area contributed by atoms with Crippen LogP contribution >= 0.6 is 0 Å². The van der Waals surface area contributed by atoms with E-state index in [0.717, 1.165) is 38.4 Å². The lowest BCUT2D eigenvalue weighted by atomic mass is 10.2. The number of anilines is 1. The molecule has 0 saturated carbocycles. The van der Waals surface area contributed by atoms with Crippen molar-refractivity contribution in [2.75, 3.05) is 31.6 Å². The summed E-state index contributed by atoms with van der Waals surface area (Å²) in [5.74, 6) is 0.814. The quantitative estimate of drug-likeness (QED) is 0.834. The fourth-order valence-electron chi connectivity index (χ4n) is 2.79. The summed E-state index contributed by atoms with van der Waals surface area (Å²) in [6.07, 6.45) is 7.64. The first-order valence-electron chi connectivity index (χ1n) is 7.45. The zero-order valence-electron chi connectivity index (χ0n) is 12.4. The van der Waals surface area contributed by atoms with E-state index in [2.05, 4.69) is 43.9 Å². The molecule has 0 aromatic carbocycles. The van der Waals surface area contributed by atoms with Crippen molar-refractivity contribution in [1.82, 2.24) is 19.9 Å². The molecule has 1 unspecified atom stereocenters. The van der Waals surface area contributed by atoms with Crippen molar-refractivity contribution in [2.45, 2.75) is 18.9 Å². The standard InChI is InChI=1S/C16H21N5/c1-20(16-18-9-4-10-19-16)15-7-12-21(13-15)11-6-14-5-2-3-8-17-14/h2-5,8-10,15H,6-7,11-13H2,1H3. The molecule has 0 N–H and O–H groups in total. The van der Waals surface area contributed by atoms with Gasteiger partial charge in [0.1, 0.15) is 0 Å². The van der Waals surface area contributed by atoms with Gasteiger partial charge in [-0.25, -0.2) is 9.97 Å². The van der Waals surface area contributed by atoms with Gasteiger partial charge in [-0.3, -0.25) is 4.98 Å². The number of rotatable bonds is 5. The van der Waals surface area contributed by atoms with Gasteiger partial charge in [0.25, 0.3) is 0 Å². The molecule has 21 heavy (non-hydrogen) atoms. The highest BCUT2D eigenvalue weighted by Gasteiger charge is 2.26. The summed E-state index contributed by atoms with van der Waals surface area (Å²) in [6, 6.07) is 8.46.